The lowest BCUT2D eigenvalue weighted by atomic mass is 10.1. The van der Waals surface area contributed by atoms with Crippen LogP contribution in [0.5, 0.6) is 0 Å². The van der Waals surface area contributed by atoms with Crippen molar-refractivity contribution in [1.29, 1.82) is 0 Å². The number of nitrogens with one attached hydrogen (secondary N) is 1. The molecule has 0 amide bonds. The Morgan fingerprint density at radius 2 is 2.05 bits per heavy atom. The lowest BCUT2D eigenvalue weighted by molar-refractivity contribution is 0.427. The molecule has 4 nitrogen and oxygen atoms in total. The highest BCUT2D eigenvalue weighted by molar-refractivity contribution is 7.89. The molecule has 0 atom stereocenters. The van der Waals surface area contributed by atoms with Crippen molar-refractivity contribution >= 4 is 21.4 Å². The molecule has 0 aromatic carbocycles. The lowest BCUT2D eigenvalue weighted by Crippen LogP contribution is -2.29. The maximum atomic E-state index is 12.6. The van der Waals surface area contributed by atoms with Gasteiger partial charge in [-0.2, -0.15) is 0 Å². The third kappa shape index (κ3) is 4.02. The maximum Gasteiger partial charge on any atom is 0.244 e. The molecule has 0 radical (unpaired) electrons. The average Bonchev–Trinajstić information content (AvgIpc) is 2.68. The number of nitrogens with zero attached hydrogens (tertiary/aromatic N) is 1. The van der Waals surface area contributed by atoms with Crippen molar-refractivity contribution in [3.8, 4) is 0 Å². The largest absolute Gasteiger partial charge is 0.315 e. The minimum Gasteiger partial charge on any atom is -0.315 e. The number of hydrogen-bond acceptors (Lipinski definition) is 4. The Bertz CT molecular complexity index is 507. The molecule has 0 aliphatic carbocycles. The van der Waals surface area contributed by atoms with E-state index in [2.05, 4.69) is 19.2 Å². The zero-order chi connectivity index (χ0) is 14.6. The molecule has 0 unspecified atom stereocenters. The summed E-state index contributed by atoms with van der Waals surface area (Å²) in [5.41, 5.74) is 0.839. The molecule has 1 aromatic rings. The van der Waals surface area contributed by atoms with E-state index in [1.807, 2.05) is 19.4 Å². The number of rotatable bonds is 7. The first-order valence-electron chi connectivity index (χ1n) is 6.48. The molecule has 1 heterocycles. The van der Waals surface area contributed by atoms with Crippen LogP contribution in [0, 0.1) is 12.8 Å². The van der Waals surface area contributed by atoms with E-state index in [4.69, 9.17) is 0 Å². The fraction of sp³-hybridized carbons (Fsp3) is 0.692. The van der Waals surface area contributed by atoms with Gasteiger partial charge in [0, 0.05) is 25.0 Å². The second-order valence-electron chi connectivity index (χ2n) is 5.21. The fourth-order valence-electron chi connectivity index (χ4n) is 1.83. The first kappa shape index (κ1) is 16.6. The molecule has 1 rings (SSSR count). The highest BCUT2D eigenvalue weighted by atomic mass is 32.2. The van der Waals surface area contributed by atoms with Gasteiger partial charge in [-0.05, 0) is 37.3 Å². The fourth-order valence-corrected chi connectivity index (χ4v) is 4.78. The summed E-state index contributed by atoms with van der Waals surface area (Å²) in [6, 6.07) is 0. The number of sulfonamides is 1. The van der Waals surface area contributed by atoms with Crippen LogP contribution in [0.1, 0.15) is 30.7 Å². The van der Waals surface area contributed by atoms with E-state index in [1.165, 1.54) is 15.6 Å². The molecule has 0 spiro atoms. The minimum atomic E-state index is -3.37. The molecular formula is C13H24N2O2S2. The van der Waals surface area contributed by atoms with Crippen molar-refractivity contribution in [2.75, 3.05) is 20.6 Å². The van der Waals surface area contributed by atoms with Crippen molar-refractivity contribution in [3.05, 3.63) is 15.8 Å². The van der Waals surface area contributed by atoms with Crippen molar-refractivity contribution in [2.45, 2.75) is 38.6 Å². The third-order valence-corrected chi connectivity index (χ3v) is 6.34. The smallest absolute Gasteiger partial charge is 0.244 e. The quantitative estimate of drug-likeness (QED) is 0.842. The topological polar surface area (TPSA) is 49.4 Å². The molecule has 0 aliphatic rings. The van der Waals surface area contributed by atoms with Gasteiger partial charge in [-0.15, -0.1) is 11.3 Å². The molecule has 19 heavy (non-hydrogen) atoms. The Morgan fingerprint density at radius 3 is 2.58 bits per heavy atom. The molecule has 0 saturated heterocycles. The van der Waals surface area contributed by atoms with Crippen LogP contribution >= 0.6 is 11.3 Å². The van der Waals surface area contributed by atoms with Gasteiger partial charge in [0.2, 0.25) is 10.0 Å². The Balaban J connectivity index is 3.02. The van der Waals surface area contributed by atoms with Crippen molar-refractivity contribution in [2.24, 2.45) is 5.92 Å². The van der Waals surface area contributed by atoms with Crippen LogP contribution in [-0.4, -0.2) is 33.4 Å². The van der Waals surface area contributed by atoms with E-state index in [0.29, 0.717) is 23.9 Å². The minimum absolute atomic E-state index is 0.484. The van der Waals surface area contributed by atoms with E-state index in [0.717, 1.165) is 16.9 Å². The molecule has 1 N–H and O–H groups in total. The van der Waals surface area contributed by atoms with Crippen LogP contribution in [0.3, 0.4) is 0 Å². The molecular weight excluding hydrogens is 280 g/mol. The predicted molar refractivity (Wildman–Crippen MR) is 81.1 cm³/mol. The predicted octanol–water partition coefficient (Wildman–Crippen LogP) is 2.44. The molecule has 0 aliphatic heterocycles. The molecule has 0 bridgehead atoms. The SMILES string of the molecule is CNCc1scc(C)c1S(=O)(=O)N(C)CCC(C)C. The molecule has 0 saturated carbocycles. The Hall–Kier alpha value is -0.430. The van der Waals surface area contributed by atoms with Crippen LogP contribution in [0.25, 0.3) is 0 Å². The highest BCUT2D eigenvalue weighted by Gasteiger charge is 2.26. The maximum absolute atomic E-state index is 12.6. The Morgan fingerprint density at radius 1 is 1.42 bits per heavy atom. The summed E-state index contributed by atoms with van der Waals surface area (Å²) >= 11 is 1.50. The Kier molecular flexibility index (Phi) is 5.98. The highest BCUT2D eigenvalue weighted by Crippen LogP contribution is 2.29. The van der Waals surface area contributed by atoms with Crippen LogP contribution in [0.15, 0.2) is 10.3 Å². The summed E-state index contributed by atoms with van der Waals surface area (Å²) in [6.07, 6.45) is 0.875. The second-order valence-corrected chi connectivity index (χ2v) is 8.16. The monoisotopic (exact) mass is 304 g/mol. The summed E-state index contributed by atoms with van der Waals surface area (Å²) < 4.78 is 26.7. The van der Waals surface area contributed by atoms with Gasteiger partial charge in [0.05, 0.1) is 0 Å². The van der Waals surface area contributed by atoms with Crippen molar-refractivity contribution < 1.29 is 8.42 Å². The summed E-state index contributed by atoms with van der Waals surface area (Å²) in [6.45, 7) is 7.21. The van der Waals surface area contributed by atoms with E-state index in [1.54, 1.807) is 7.05 Å². The van der Waals surface area contributed by atoms with Crippen LogP contribution in [0.4, 0.5) is 0 Å². The van der Waals surface area contributed by atoms with Crippen molar-refractivity contribution in [1.82, 2.24) is 9.62 Å². The molecule has 6 heteroatoms. The third-order valence-electron chi connectivity index (χ3n) is 3.02. The van der Waals surface area contributed by atoms with Crippen LogP contribution < -0.4 is 5.32 Å². The number of aryl methyl sites for hydroxylation is 1. The van der Waals surface area contributed by atoms with Gasteiger partial charge in [-0.1, -0.05) is 13.8 Å². The zero-order valence-corrected chi connectivity index (χ0v) is 14.0. The van der Waals surface area contributed by atoms with Crippen LogP contribution in [-0.2, 0) is 16.6 Å². The summed E-state index contributed by atoms with van der Waals surface area (Å²) in [4.78, 5) is 1.37. The summed E-state index contributed by atoms with van der Waals surface area (Å²) in [7, 11) is 0.121. The van der Waals surface area contributed by atoms with Gasteiger partial charge >= 0.3 is 0 Å². The normalized spacial score (nSPS) is 12.6. The first-order valence-corrected chi connectivity index (χ1v) is 8.80. The van der Waals surface area contributed by atoms with E-state index in [-0.39, 0.29) is 0 Å². The molecule has 1 aromatic heterocycles. The number of hydrogen-bond donors (Lipinski definition) is 1. The van der Waals surface area contributed by atoms with Gasteiger partial charge in [-0.25, -0.2) is 12.7 Å². The lowest BCUT2D eigenvalue weighted by Gasteiger charge is -2.19. The van der Waals surface area contributed by atoms with E-state index >= 15 is 0 Å². The standard InChI is InChI=1S/C13H24N2O2S2/c1-10(2)6-7-15(5)19(16,17)13-11(3)9-18-12(13)8-14-4/h9-10,14H,6-8H2,1-5H3. The van der Waals surface area contributed by atoms with E-state index < -0.39 is 10.0 Å². The molecule has 0 fully saturated rings. The average molecular weight is 304 g/mol. The Labute approximate surface area is 120 Å². The summed E-state index contributed by atoms with van der Waals surface area (Å²) in [5, 5.41) is 4.94. The van der Waals surface area contributed by atoms with Crippen molar-refractivity contribution in [3.63, 3.8) is 0 Å². The van der Waals surface area contributed by atoms with E-state index in [9.17, 15) is 8.42 Å². The second kappa shape index (κ2) is 6.83. The number of thiophene rings is 1. The summed E-state index contributed by atoms with van der Waals surface area (Å²) in [5.74, 6) is 0.498. The molecule has 110 valence electrons. The van der Waals surface area contributed by atoms with Gasteiger partial charge in [0.1, 0.15) is 4.90 Å². The van der Waals surface area contributed by atoms with Gasteiger partial charge in [0.15, 0.2) is 0 Å². The zero-order valence-electron chi connectivity index (χ0n) is 12.4. The van der Waals surface area contributed by atoms with Gasteiger partial charge in [-0.3, -0.25) is 0 Å². The van der Waals surface area contributed by atoms with Gasteiger partial charge in [0.25, 0.3) is 0 Å². The van der Waals surface area contributed by atoms with Crippen LogP contribution in [0.2, 0.25) is 0 Å². The first-order chi connectivity index (χ1) is 8.80. The van der Waals surface area contributed by atoms with Gasteiger partial charge < -0.3 is 5.32 Å².